The van der Waals surface area contributed by atoms with Crippen LogP contribution in [0.2, 0.25) is 0 Å². The number of fused-ring (bicyclic) bond motifs is 1. The number of hydrogen-bond donors (Lipinski definition) is 2. The number of hydrogen-bond acceptors (Lipinski definition) is 7. The molecule has 0 saturated heterocycles. The molecule has 35 heavy (non-hydrogen) atoms. The molecule has 0 bridgehead atoms. The Morgan fingerprint density at radius 3 is 2.51 bits per heavy atom. The fraction of sp³-hybridized carbons (Fsp3) is 0.115. The summed E-state index contributed by atoms with van der Waals surface area (Å²) in [5.41, 5.74) is 4.07. The Hall–Kier alpha value is -4.79. The molecule has 0 fully saturated rings. The molecule has 1 aliphatic rings. The van der Waals surface area contributed by atoms with Crippen LogP contribution in [0.25, 0.3) is 6.08 Å². The number of carbonyl (C=O) groups excluding carboxylic acids is 2. The molecule has 9 heteroatoms. The maximum absolute atomic E-state index is 13.0. The maximum atomic E-state index is 13.0. The first-order chi connectivity index (χ1) is 17.1. The van der Waals surface area contributed by atoms with E-state index in [0.29, 0.717) is 39.7 Å². The summed E-state index contributed by atoms with van der Waals surface area (Å²) in [6.45, 7) is 0.128. The maximum Gasteiger partial charge on any atom is 0.287 e. The van der Waals surface area contributed by atoms with E-state index in [2.05, 4.69) is 15.8 Å². The fourth-order valence-electron chi connectivity index (χ4n) is 3.35. The molecule has 0 atom stereocenters. The second-order valence-corrected chi connectivity index (χ2v) is 7.27. The van der Waals surface area contributed by atoms with E-state index in [1.54, 1.807) is 66.7 Å². The van der Waals surface area contributed by atoms with Gasteiger partial charge in [-0.1, -0.05) is 30.3 Å². The zero-order valence-corrected chi connectivity index (χ0v) is 19.1. The Kier molecular flexibility index (Phi) is 7.27. The summed E-state index contributed by atoms with van der Waals surface area (Å²) in [7, 11) is 3.04. The van der Waals surface area contributed by atoms with Gasteiger partial charge in [0.2, 0.25) is 6.79 Å². The highest BCUT2D eigenvalue weighted by Crippen LogP contribution is 2.33. The van der Waals surface area contributed by atoms with E-state index in [0.717, 1.165) is 0 Å². The first-order valence-electron chi connectivity index (χ1n) is 10.6. The first-order valence-corrected chi connectivity index (χ1v) is 10.6. The summed E-state index contributed by atoms with van der Waals surface area (Å²) in [6.07, 6.45) is 2.95. The van der Waals surface area contributed by atoms with Gasteiger partial charge < -0.3 is 24.3 Å². The standard InChI is InChI=1S/C26H23N3O6/c1-32-22-10-6-9-19(24(22)33-2)15-27-29-26(31)20(28-25(30)18-7-4-3-5-8-18)13-17-11-12-21-23(14-17)35-16-34-21/h3-15H,16H2,1-2H3,(H,28,30)(H,29,31)/b20-13+,27-15-. The van der Waals surface area contributed by atoms with Crippen molar-refractivity contribution in [1.82, 2.24) is 10.7 Å². The largest absolute Gasteiger partial charge is 0.493 e. The normalized spacial score (nSPS) is 12.3. The third-order valence-electron chi connectivity index (χ3n) is 5.04. The van der Waals surface area contributed by atoms with Gasteiger partial charge in [0.15, 0.2) is 23.0 Å². The highest BCUT2D eigenvalue weighted by molar-refractivity contribution is 6.05. The van der Waals surface area contributed by atoms with Gasteiger partial charge in [0, 0.05) is 11.1 Å². The molecule has 2 amide bonds. The average Bonchev–Trinajstić information content (AvgIpc) is 3.36. The van der Waals surface area contributed by atoms with Crippen molar-refractivity contribution in [2.45, 2.75) is 0 Å². The van der Waals surface area contributed by atoms with Crippen LogP contribution in [0.1, 0.15) is 21.5 Å². The molecule has 178 valence electrons. The Balaban J connectivity index is 1.57. The van der Waals surface area contributed by atoms with Gasteiger partial charge in [-0.3, -0.25) is 9.59 Å². The molecule has 0 aliphatic carbocycles. The number of nitrogens with one attached hydrogen (secondary N) is 2. The Morgan fingerprint density at radius 1 is 0.943 bits per heavy atom. The van der Waals surface area contributed by atoms with E-state index in [1.165, 1.54) is 26.5 Å². The van der Waals surface area contributed by atoms with Crippen molar-refractivity contribution in [3.63, 3.8) is 0 Å². The summed E-state index contributed by atoms with van der Waals surface area (Å²) in [6, 6.07) is 19.1. The van der Waals surface area contributed by atoms with Crippen LogP contribution in [0.15, 0.2) is 77.5 Å². The van der Waals surface area contributed by atoms with Crippen LogP contribution in [0, 0.1) is 0 Å². The van der Waals surface area contributed by atoms with E-state index in [1.807, 2.05) is 0 Å². The topological polar surface area (TPSA) is 107 Å². The van der Waals surface area contributed by atoms with Crippen molar-refractivity contribution in [1.29, 1.82) is 0 Å². The smallest absolute Gasteiger partial charge is 0.287 e. The highest BCUT2D eigenvalue weighted by Gasteiger charge is 2.17. The zero-order valence-electron chi connectivity index (χ0n) is 19.1. The molecule has 1 aliphatic heterocycles. The van der Waals surface area contributed by atoms with Crippen molar-refractivity contribution in [2.75, 3.05) is 21.0 Å². The van der Waals surface area contributed by atoms with Gasteiger partial charge in [0.25, 0.3) is 11.8 Å². The molecule has 3 aromatic carbocycles. The summed E-state index contributed by atoms with van der Waals surface area (Å²) in [5, 5.41) is 6.69. The van der Waals surface area contributed by atoms with Crippen LogP contribution in [-0.2, 0) is 4.79 Å². The lowest BCUT2D eigenvalue weighted by molar-refractivity contribution is -0.117. The number of hydrazone groups is 1. The van der Waals surface area contributed by atoms with Crippen molar-refractivity contribution in [3.05, 3.63) is 89.1 Å². The molecule has 4 rings (SSSR count). The van der Waals surface area contributed by atoms with Gasteiger partial charge >= 0.3 is 0 Å². The lowest BCUT2D eigenvalue weighted by Gasteiger charge is -2.10. The highest BCUT2D eigenvalue weighted by atomic mass is 16.7. The third-order valence-corrected chi connectivity index (χ3v) is 5.04. The molecule has 1 heterocycles. The molecule has 3 aromatic rings. The predicted octanol–water partition coefficient (Wildman–Crippen LogP) is 3.35. The monoisotopic (exact) mass is 473 g/mol. The molecule has 0 spiro atoms. The average molecular weight is 473 g/mol. The minimum absolute atomic E-state index is 0.00697. The van der Waals surface area contributed by atoms with Crippen molar-refractivity contribution < 1.29 is 28.5 Å². The van der Waals surface area contributed by atoms with Gasteiger partial charge in [-0.2, -0.15) is 5.10 Å². The first kappa shape index (κ1) is 23.4. The van der Waals surface area contributed by atoms with Crippen LogP contribution in [0.4, 0.5) is 0 Å². The van der Waals surface area contributed by atoms with Gasteiger partial charge in [0.05, 0.1) is 20.4 Å². The molecule has 0 unspecified atom stereocenters. The number of methoxy groups -OCH3 is 2. The number of ether oxygens (including phenoxy) is 4. The van der Waals surface area contributed by atoms with E-state index < -0.39 is 11.8 Å². The van der Waals surface area contributed by atoms with Crippen molar-refractivity contribution >= 4 is 24.1 Å². The van der Waals surface area contributed by atoms with Gasteiger partial charge in [0.1, 0.15) is 5.70 Å². The molecule has 0 radical (unpaired) electrons. The summed E-state index contributed by atoms with van der Waals surface area (Å²) < 4.78 is 21.4. The minimum atomic E-state index is -0.620. The van der Waals surface area contributed by atoms with Gasteiger partial charge in [-0.05, 0) is 48.0 Å². The lowest BCUT2D eigenvalue weighted by atomic mass is 10.1. The molecular weight excluding hydrogens is 450 g/mol. The molecule has 9 nitrogen and oxygen atoms in total. The summed E-state index contributed by atoms with van der Waals surface area (Å²) in [4.78, 5) is 25.7. The molecule has 2 N–H and O–H groups in total. The van der Waals surface area contributed by atoms with Crippen LogP contribution in [0.3, 0.4) is 0 Å². The van der Waals surface area contributed by atoms with Crippen LogP contribution in [0.5, 0.6) is 23.0 Å². The number of nitrogens with zero attached hydrogens (tertiary/aromatic N) is 1. The van der Waals surface area contributed by atoms with Crippen molar-refractivity contribution in [2.24, 2.45) is 5.10 Å². The fourth-order valence-corrected chi connectivity index (χ4v) is 3.35. The molecule has 0 aromatic heterocycles. The van der Waals surface area contributed by atoms with Crippen molar-refractivity contribution in [3.8, 4) is 23.0 Å². The SMILES string of the molecule is COc1cccc(/C=N\NC(=O)/C(=C\c2ccc3c(c2)OCO3)NC(=O)c2ccccc2)c1OC. The van der Waals surface area contributed by atoms with E-state index in [9.17, 15) is 9.59 Å². The zero-order chi connectivity index (χ0) is 24.6. The van der Waals surface area contributed by atoms with Crippen LogP contribution >= 0.6 is 0 Å². The van der Waals surface area contributed by atoms with E-state index in [-0.39, 0.29) is 12.5 Å². The lowest BCUT2D eigenvalue weighted by Crippen LogP contribution is -2.32. The van der Waals surface area contributed by atoms with Crippen LogP contribution in [-0.4, -0.2) is 39.0 Å². The Bertz CT molecular complexity index is 1290. The molecular formula is C26H23N3O6. The number of benzene rings is 3. The molecule has 0 saturated carbocycles. The van der Waals surface area contributed by atoms with Gasteiger partial charge in [-0.25, -0.2) is 5.43 Å². The Morgan fingerprint density at radius 2 is 1.74 bits per heavy atom. The number of para-hydroxylation sites is 1. The second-order valence-electron chi connectivity index (χ2n) is 7.27. The minimum Gasteiger partial charge on any atom is -0.493 e. The Labute approximate surface area is 202 Å². The van der Waals surface area contributed by atoms with E-state index >= 15 is 0 Å². The van der Waals surface area contributed by atoms with E-state index in [4.69, 9.17) is 18.9 Å². The number of carbonyl (C=O) groups is 2. The third kappa shape index (κ3) is 5.59. The number of rotatable bonds is 8. The quantitative estimate of drug-likeness (QED) is 0.295. The van der Waals surface area contributed by atoms with Crippen LogP contribution < -0.4 is 29.7 Å². The predicted molar refractivity (Wildman–Crippen MR) is 130 cm³/mol. The summed E-state index contributed by atoms with van der Waals surface area (Å²) >= 11 is 0. The summed E-state index contributed by atoms with van der Waals surface area (Å²) in [5.74, 6) is 1.10. The second kappa shape index (κ2) is 10.9. The number of amides is 2. The van der Waals surface area contributed by atoms with Gasteiger partial charge in [-0.15, -0.1) is 0 Å².